The molecule has 0 N–H and O–H groups in total. The normalized spacial score (nSPS) is 14.3. The van der Waals surface area contributed by atoms with Crippen LogP contribution < -0.4 is 4.90 Å². The predicted octanol–water partition coefficient (Wildman–Crippen LogP) is 5.32. The van der Waals surface area contributed by atoms with E-state index in [1.165, 1.54) is 0 Å². The van der Waals surface area contributed by atoms with Crippen molar-refractivity contribution < 1.29 is 4.79 Å². The number of rotatable bonds is 3. The summed E-state index contributed by atoms with van der Waals surface area (Å²) in [6.45, 7) is 4.65. The fourth-order valence-corrected chi connectivity index (χ4v) is 4.89. The lowest BCUT2D eigenvalue weighted by Crippen LogP contribution is -2.49. The van der Waals surface area contributed by atoms with Gasteiger partial charge in [0.1, 0.15) is 5.69 Å². The maximum Gasteiger partial charge on any atom is 0.272 e. The Bertz CT molecular complexity index is 1050. The molecule has 1 aliphatic heterocycles. The van der Waals surface area contributed by atoms with Crippen LogP contribution in [0.2, 0.25) is 5.02 Å². The van der Waals surface area contributed by atoms with Crippen LogP contribution in [0.4, 0.5) is 5.69 Å². The summed E-state index contributed by atoms with van der Waals surface area (Å²) in [5.41, 5.74) is 3.34. The number of halogens is 3. The molecule has 150 valence electrons. The molecule has 1 aromatic heterocycles. The Morgan fingerprint density at radius 3 is 2.38 bits per heavy atom. The van der Waals surface area contributed by atoms with Crippen LogP contribution in [0, 0.1) is 6.92 Å². The molecule has 0 spiro atoms. The van der Waals surface area contributed by atoms with Gasteiger partial charge in [-0.2, -0.15) is 5.10 Å². The Morgan fingerprint density at radius 2 is 1.69 bits per heavy atom. The summed E-state index contributed by atoms with van der Waals surface area (Å²) < 4.78 is 3.56. The minimum absolute atomic E-state index is 0.00186. The second-order valence-corrected chi connectivity index (χ2v) is 9.03. The summed E-state index contributed by atoms with van der Waals surface area (Å²) in [4.78, 5) is 17.4. The lowest BCUT2D eigenvalue weighted by atomic mass is 10.2. The highest BCUT2D eigenvalue weighted by atomic mass is 79.9. The van der Waals surface area contributed by atoms with Crippen molar-refractivity contribution in [2.75, 3.05) is 31.1 Å². The zero-order valence-corrected chi connectivity index (χ0v) is 19.7. The first kappa shape index (κ1) is 20.4. The van der Waals surface area contributed by atoms with Gasteiger partial charge in [0.25, 0.3) is 5.91 Å². The highest BCUT2D eigenvalue weighted by Gasteiger charge is 2.26. The molecule has 0 radical (unpaired) electrons. The number of carbonyl (C=O) groups is 1. The van der Waals surface area contributed by atoms with Crippen molar-refractivity contribution in [1.82, 2.24) is 14.7 Å². The Balaban J connectivity index is 1.51. The second kappa shape index (κ2) is 8.50. The van der Waals surface area contributed by atoms with Crippen molar-refractivity contribution in [3.63, 3.8) is 0 Å². The van der Waals surface area contributed by atoms with Gasteiger partial charge in [0.2, 0.25) is 0 Å². The minimum Gasteiger partial charge on any atom is -0.367 e. The molecule has 8 heteroatoms. The number of amides is 1. The number of aryl methyl sites for hydroxylation is 1. The van der Waals surface area contributed by atoms with Gasteiger partial charge in [0.15, 0.2) is 0 Å². The average Bonchev–Trinajstić information content (AvgIpc) is 3.13. The van der Waals surface area contributed by atoms with Crippen LogP contribution in [0.3, 0.4) is 0 Å². The maximum absolute atomic E-state index is 13.2. The third-order valence-corrected chi connectivity index (χ3v) is 6.78. The van der Waals surface area contributed by atoms with E-state index in [0.717, 1.165) is 39.1 Å². The number of hydrogen-bond donors (Lipinski definition) is 0. The van der Waals surface area contributed by atoms with E-state index in [1.807, 2.05) is 60.4 Å². The average molecular weight is 539 g/mol. The summed E-state index contributed by atoms with van der Waals surface area (Å²) in [5.74, 6) is 0.00186. The van der Waals surface area contributed by atoms with E-state index in [9.17, 15) is 4.79 Å². The Morgan fingerprint density at radius 1 is 1.00 bits per heavy atom. The summed E-state index contributed by atoms with van der Waals surface area (Å²) >= 11 is 13.3. The first-order chi connectivity index (χ1) is 13.9. The number of anilines is 1. The second-order valence-electron chi connectivity index (χ2n) is 6.92. The fraction of sp³-hybridized carbons (Fsp3) is 0.238. The smallest absolute Gasteiger partial charge is 0.272 e. The van der Waals surface area contributed by atoms with Crippen molar-refractivity contribution in [2.24, 2.45) is 0 Å². The van der Waals surface area contributed by atoms with Crippen molar-refractivity contribution in [3.8, 4) is 5.69 Å². The molecule has 1 aliphatic rings. The molecule has 0 unspecified atom stereocenters. The van der Waals surface area contributed by atoms with Crippen LogP contribution >= 0.6 is 43.5 Å². The quantitative estimate of drug-likeness (QED) is 0.424. The van der Waals surface area contributed by atoms with Crippen molar-refractivity contribution >= 4 is 55.1 Å². The van der Waals surface area contributed by atoms with Gasteiger partial charge >= 0.3 is 0 Å². The van der Waals surface area contributed by atoms with Crippen LogP contribution in [0.15, 0.2) is 57.5 Å². The molecule has 0 aliphatic carbocycles. The van der Waals surface area contributed by atoms with Gasteiger partial charge < -0.3 is 9.80 Å². The highest BCUT2D eigenvalue weighted by molar-refractivity contribution is 9.11. The molecule has 1 saturated heterocycles. The first-order valence-electron chi connectivity index (χ1n) is 9.25. The zero-order chi connectivity index (χ0) is 20.5. The van der Waals surface area contributed by atoms with Crippen molar-refractivity contribution in [1.29, 1.82) is 0 Å². The number of benzene rings is 2. The molecule has 1 amide bonds. The number of para-hydroxylation sites is 1. The fourth-order valence-electron chi connectivity index (χ4n) is 3.48. The number of piperazine rings is 1. The molecule has 5 nitrogen and oxygen atoms in total. The van der Waals surface area contributed by atoms with Gasteiger partial charge in [-0.25, -0.2) is 4.68 Å². The molecule has 4 rings (SSSR count). The van der Waals surface area contributed by atoms with E-state index in [4.69, 9.17) is 11.6 Å². The number of carbonyl (C=O) groups excluding carboxylic acids is 1. The number of nitrogens with zero attached hydrogens (tertiary/aromatic N) is 4. The SMILES string of the molecule is Cc1cc(C(=O)N2CCN(c3cc(Cl)c(Br)cc3Br)CC2)n(-c2ccccc2)n1. The summed E-state index contributed by atoms with van der Waals surface area (Å²) in [5, 5.41) is 5.19. The lowest BCUT2D eigenvalue weighted by Gasteiger charge is -2.36. The van der Waals surface area contributed by atoms with Crippen molar-refractivity contribution in [2.45, 2.75) is 6.92 Å². The van der Waals surface area contributed by atoms with E-state index < -0.39 is 0 Å². The molecule has 2 heterocycles. The third kappa shape index (κ3) is 4.22. The zero-order valence-electron chi connectivity index (χ0n) is 15.8. The molecule has 0 bridgehead atoms. The number of hydrogen-bond acceptors (Lipinski definition) is 3. The largest absolute Gasteiger partial charge is 0.367 e. The molecule has 29 heavy (non-hydrogen) atoms. The van der Waals surface area contributed by atoms with Crippen LogP contribution in [-0.2, 0) is 0 Å². The standard InChI is InChI=1S/C21H19Br2ClN4O/c1-14-11-20(28(25-14)15-5-3-2-4-6-15)21(29)27-9-7-26(8-10-27)19-13-18(24)16(22)12-17(19)23/h2-6,11-13H,7-10H2,1H3. The molecule has 2 aromatic carbocycles. The molecule has 0 atom stereocenters. The van der Waals surface area contributed by atoms with Crippen molar-refractivity contribution in [3.05, 3.63) is 73.9 Å². The molecule has 1 fully saturated rings. The molecular weight excluding hydrogens is 520 g/mol. The van der Waals surface area contributed by atoms with Crippen LogP contribution in [-0.4, -0.2) is 46.8 Å². The minimum atomic E-state index is 0.00186. The van der Waals surface area contributed by atoms with Crippen LogP contribution in [0.1, 0.15) is 16.2 Å². The van der Waals surface area contributed by atoms with Gasteiger partial charge in [-0.15, -0.1) is 0 Å². The van der Waals surface area contributed by atoms with E-state index >= 15 is 0 Å². The molecular formula is C21H19Br2ClN4O. The number of aromatic nitrogens is 2. The van der Waals surface area contributed by atoms with Gasteiger partial charge in [0, 0.05) is 35.1 Å². The summed E-state index contributed by atoms with van der Waals surface area (Å²) in [6, 6.07) is 15.5. The monoisotopic (exact) mass is 536 g/mol. The Hall–Kier alpha value is -1.83. The maximum atomic E-state index is 13.2. The Kier molecular flexibility index (Phi) is 5.99. The van der Waals surface area contributed by atoms with Gasteiger partial charge in [-0.05, 0) is 69.1 Å². The van der Waals surface area contributed by atoms with E-state index in [0.29, 0.717) is 23.8 Å². The summed E-state index contributed by atoms with van der Waals surface area (Å²) in [6.07, 6.45) is 0. The first-order valence-corrected chi connectivity index (χ1v) is 11.2. The van der Waals surface area contributed by atoms with Gasteiger partial charge in [-0.1, -0.05) is 29.8 Å². The Labute approximate surface area is 191 Å². The van der Waals surface area contributed by atoms with Gasteiger partial charge in [0.05, 0.1) is 22.1 Å². The van der Waals surface area contributed by atoms with Crippen LogP contribution in [0.25, 0.3) is 5.69 Å². The van der Waals surface area contributed by atoms with E-state index in [-0.39, 0.29) is 5.91 Å². The molecule has 3 aromatic rings. The third-order valence-electron chi connectivity index (χ3n) is 4.95. The van der Waals surface area contributed by atoms with Gasteiger partial charge in [-0.3, -0.25) is 4.79 Å². The summed E-state index contributed by atoms with van der Waals surface area (Å²) in [7, 11) is 0. The predicted molar refractivity (Wildman–Crippen MR) is 123 cm³/mol. The van der Waals surface area contributed by atoms with Crippen LogP contribution in [0.5, 0.6) is 0 Å². The topological polar surface area (TPSA) is 41.4 Å². The van der Waals surface area contributed by atoms with E-state index in [2.05, 4.69) is 41.9 Å². The highest BCUT2D eigenvalue weighted by Crippen LogP contribution is 2.35. The lowest BCUT2D eigenvalue weighted by molar-refractivity contribution is 0.0737. The van der Waals surface area contributed by atoms with E-state index in [1.54, 1.807) is 4.68 Å². The molecule has 0 saturated carbocycles.